The molecule has 1 heterocycles. The molecule has 3 aromatic rings. The van der Waals surface area contributed by atoms with Crippen LogP contribution in [0.2, 0.25) is 0 Å². The van der Waals surface area contributed by atoms with Gasteiger partial charge >= 0.3 is 6.18 Å². The molecule has 22 heavy (non-hydrogen) atoms. The second kappa shape index (κ2) is 5.57. The maximum absolute atomic E-state index is 12.6. The average Bonchev–Trinajstić information content (AvgIpc) is 2.97. The second-order valence-corrected chi connectivity index (χ2v) is 5.84. The topological polar surface area (TPSA) is 12.9 Å². The summed E-state index contributed by atoms with van der Waals surface area (Å²) < 4.78 is 37.7. The standard InChI is InChI=1S/C17H12F3NS/c1-11-2-4-13(5-3-11)16-21-15(10-22-16)12-6-8-14(9-7-12)17(18,19)20/h2-10H,1H3. The summed E-state index contributed by atoms with van der Waals surface area (Å²) in [4.78, 5) is 4.51. The van der Waals surface area contributed by atoms with E-state index in [1.165, 1.54) is 29.0 Å². The lowest BCUT2D eigenvalue weighted by atomic mass is 10.1. The van der Waals surface area contributed by atoms with Crippen molar-refractivity contribution in [3.63, 3.8) is 0 Å². The number of thiazole rings is 1. The highest BCUT2D eigenvalue weighted by Gasteiger charge is 2.30. The van der Waals surface area contributed by atoms with Gasteiger partial charge in [0.25, 0.3) is 0 Å². The van der Waals surface area contributed by atoms with Crippen LogP contribution in [0.3, 0.4) is 0 Å². The third-order valence-corrected chi connectivity index (χ3v) is 4.20. The zero-order chi connectivity index (χ0) is 15.7. The third kappa shape index (κ3) is 3.04. The quantitative estimate of drug-likeness (QED) is 0.581. The molecular formula is C17H12F3NS. The monoisotopic (exact) mass is 319 g/mol. The molecule has 0 aliphatic carbocycles. The Morgan fingerprint density at radius 1 is 0.864 bits per heavy atom. The molecule has 2 aromatic carbocycles. The summed E-state index contributed by atoms with van der Waals surface area (Å²) in [5.74, 6) is 0. The first-order valence-corrected chi connectivity index (χ1v) is 7.52. The van der Waals surface area contributed by atoms with Gasteiger partial charge in [0, 0.05) is 16.5 Å². The van der Waals surface area contributed by atoms with Crippen molar-refractivity contribution >= 4 is 11.3 Å². The predicted molar refractivity (Wildman–Crippen MR) is 82.7 cm³/mol. The SMILES string of the molecule is Cc1ccc(-c2nc(-c3ccc(C(F)(F)F)cc3)cs2)cc1. The first-order chi connectivity index (χ1) is 10.4. The van der Waals surface area contributed by atoms with E-state index in [9.17, 15) is 13.2 Å². The van der Waals surface area contributed by atoms with Gasteiger partial charge in [-0.05, 0) is 19.1 Å². The fourth-order valence-corrected chi connectivity index (χ4v) is 2.90. The van der Waals surface area contributed by atoms with Crippen molar-refractivity contribution in [2.24, 2.45) is 0 Å². The van der Waals surface area contributed by atoms with Gasteiger partial charge in [-0.3, -0.25) is 0 Å². The van der Waals surface area contributed by atoms with E-state index in [1.54, 1.807) is 0 Å². The fourth-order valence-electron chi connectivity index (χ4n) is 2.07. The third-order valence-electron chi connectivity index (χ3n) is 3.31. The number of hydrogen-bond donors (Lipinski definition) is 0. The second-order valence-electron chi connectivity index (χ2n) is 4.98. The number of aromatic nitrogens is 1. The molecule has 0 atom stereocenters. The first kappa shape index (κ1) is 14.8. The Labute approximate surface area is 130 Å². The number of hydrogen-bond acceptors (Lipinski definition) is 2. The molecular weight excluding hydrogens is 307 g/mol. The summed E-state index contributed by atoms with van der Waals surface area (Å²) in [6.07, 6.45) is -4.31. The van der Waals surface area contributed by atoms with Gasteiger partial charge in [-0.25, -0.2) is 4.98 Å². The molecule has 0 N–H and O–H groups in total. The van der Waals surface area contributed by atoms with Crippen molar-refractivity contribution in [3.05, 3.63) is 65.0 Å². The van der Waals surface area contributed by atoms with Crippen LogP contribution < -0.4 is 0 Å². The van der Waals surface area contributed by atoms with Crippen LogP contribution in [-0.4, -0.2) is 4.98 Å². The molecule has 0 unspecified atom stereocenters. The average molecular weight is 319 g/mol. The molecule has 0 amide bonds. The Balaban J connectivity index is 1.89. The highest BCUT2D eigenvalue weighted by atomic mass is 32.1. The molecule has 0 fully saturated rings. The number of aryl methyl sites for hydroxylation is 1. The summed E-state index contributed by atoms with van der Waals surface area (Å²) in [6.45, 7) is 2.01. The number of alkyl halides is 3. The van der Waals surface area contributed by atoms with Crippen LogP contribution in [0.5, 0.6) is 0 Å². The number of benzene rings is 2. The summed E-state index contributed by atoms with van der Waals surface area (Å²) in [5.41, 5.74) is 2.90. The summed E-state index contributed by atoms with van der Waals surface area (Å²) in [5, 5.41) is 2.72. The first-order valence-electron chi connectivity index (χ1n) is 6.64. The van der Waals surface area contributed by atoms with E-state index in [2.05, 4.69) is 4.98 Å². The van der Waals surface area contributed by atoms with Crippen molar-refractivity contribution in [2.45, 2.75) is 13.1 Å². The van der Waals surface area contributed by atoms with Crippen LogP contribution in [0, 0.1) is 6.92 Å². The molecule has 112 valence electrons. The summed E-state index contributed by atoms with van der Waals surface area (Å²) in [7, 11) is 0. The van der Waals surface area contributed by atoms with E-state index in [0.717, 1.165) is 22.7 Å². The van der Waals surface area contributed by atoms with Crippen molar-refractivity contribution in [1.82, 2.24) is 4.98 Å². The van der Waals surface area contributed by atoms with Crippen LogP contribution >= 0.6 is 11.3 Å². The maximum Gasteiger partial charge on any atom is 0.416 e. The zero-order valence-electron chi connectivity index (χ0n) is 11.7. The molecule has 0 aliphatic rings. The van der Waals surface area contributed by atoms with Crippen LogP contribution in [0.4, 0.5) is 13.2 Å². The van der Waals surface area contributed by atoms with E-state index in [-0.39, 0.29) is 0 Å². The van der Waals surface area contributed by atoms with Gasteiger partial charge in [-0.15, -0.1) is 11.3 Å². The van der Waals surface area contributed by atoms with Gasteiger partial charge in [-0.2, -0.15) is 13.2 Å². The van der Waals surface area contributed by atoms with E-state index < -0.39 is 11.7 Å². The highest BCUT2D eigenvalue weighted by Crippen LogP contribution is 2.32. The van der Waals surface area contributed by atoms with Crippen molar-refractivity contribution < 1.29 is 13.2 Å². The van der Waals surface area contributed by atoms with Crippen molar-refractivity contribution in [3.8, 4) is 21.8 Å². The van der Waals surface area contributed by atoms with Gasteiger partial charge in [0.1, 0.15) is 5.01 Å². The zero-order valence-corrected chi connectivity index (χ0v) is 12.5. The molecule has 0 spiro atoms. The minimum absolute atomic E-state index is 0.648. The largest absolute Gasteiger partial charge is 0.416 e. The van der Waals surface area contributed by atoms with Crippen LogP contribution in [-0.2, 0) is 6.18 Å². The molecule has 0 aliphatic heterocycles. The van der Waals surface area contributed by atoms with E-state index in [0.29, 0.717) is 11.3 Å². The van der Waals surface area contributed by atoms with Crippen LogP contribution in [0.15, 0.2) is 53.9 Å². The summed E-state index contributed by atoms with van der Waals surface area (Å²) in [6, 6.07) is 13.1. The highest BCUT2D eigenvalue weighted by molar-refractivity contribution is 7.13. The molecule has 0 saturated carbocycles. The van der Waals surface area contributed by atoms with Crippen molar-refractivity contribution in [2.75, 3.05) is 0 Å². The molecule has 0 radical (unpaired) electrons. The van der Waals surface area contributed by atoms with Gasteiger partial charge in [0.2, 0.25) is 0 Å². The predicted octanol–water partition coefficient (Wildman–Crippen LogP) is 5.80. The van der Waals surface area contributed by atoms with Gasteiger partial charge in [0.05, 0.1) is 11.3 Å². The Hall–Kier alpha value is -2.14. The number of nitrogens with zero attached hydrogens (tertiary/aromatic N) is 1. The lowest BCUT2D eigenvalue weighted by Gasteiger charge is -2.06. The Kier molecular flexibility index (Phi) is 3.74. The number of halogens is 3. The normalized spacial score (nSPS) is 11.6. The van der Waals surface area contributed by atoms with Crippen LogP contribution in [0.25, 0.3) is 21.8 Å². The molecule has 1 aromatic heterocycles. The fraction of sp³-hybridized carbons (Fsp3) is 0.118. The lowest BCUT2D eigenvalue weighted by Crippen LogP contribution is -2.03. The Morgan fingerprint density at radius 3 is 2.05 bits per heavy atom. The molecule has 5 heteroatoms. The number of rotatable bonds is 2. The smallest absolute Gasteiger partial charge is 0.236 e. The summed E-state index contributed by atoms with van der Waals surface area (Å²) >= 11 is 1.48. The van der Waals surface area contributed by atoms with Gasteiger partial charge < -0.3 is 0 Å². The van der Waals surface area contributed by atoms with Gasteiger partial charge in [-0.1, -0.05) is 42.0 Å². The lowest BCUT2D eigenvalue weighted by molar-refractivity contribution is -0.137. The van der Waals surface area contributed by atoms with E-state index >= 15 is 0 Å². The van der Waals surface area contributed by atoms with Crippen molar-refractivity contribution in [1.29, 1.82) is 0 Å². The molecule has 1 nitrogen and oxygen atoms in total. The maximum atomic E-state index is 12.6. The van der Waals surface area contributed by atoms with Crippen LogP contribution in [0.1, 0.15) is 11.1 Å². The van der Waals surface area contributed by atoms with E-state index in [1.807, 2.05) is 36.6 Å². The molecule has 0 saturated heterocycles. The molecule has 0 bridgehead atoms. The van der Waals surface area contributed by atoms with E-state index in [4.69, 9.17) is 0 Å². The Morgan fingerprint density at radius 2 is 1.45 bits per heavy atom. The van der Waals surface area contributed by atoms with Gasteiger partial charge in [0.15, 0.2) is 0 Å². The minimum Gasteiger partial charge on any atom is -0.236 e. The minimum atomic E-state index is -4.31. The molecule has 3 rings (SSSR count). The Bertz CT molecular complexity index is 771.